The number of nitrogens with zero attached hydrogens (tertiary/aromatic N) is 4. The minimum absolute atomic E-state index is 0.160. The molecule has 0 radical (unpaired) electrons. The molecular weight excluding hydrogens is 272 g/mol. The highest BCUT2D eigenvalue weighted by Crippen LogP contribution is 2.64. The number of hydrogen-bond donors (Lipinski definition) is 1. The van der Waals surface area contributed by atoms with Crippen LogP contribution in [0.15, 0.2) is 4.52 Å². The van der Waals surface area contributed by atoms with Gasteiger partial charge in [0.15, 0.2) is 5.82 Å². The Bertz CT molecular complexity index is 577. The van der Waals surface area contributed by atoms with Crippen LogP contribution in [0.5, 0.6) is 0 Å². The first-order chi connectivity index (χ1) is 9.98. The molecule has 3 saturated heterocycles. The van der Waals surface area contributed by atoms with E-state index in [0.717, 1.165) is 32.7 Å². The Morgan fingerprint density at radius 2 is 2.05 bits per heavy atom. The third-order valence-corrected chi connectivity index (χ3v) is 5.39. The molecule has 1 N–H and O–H groups in total. The predicted octanol–water partition coefficient (Wildman–Crippen LogP) is 0.566. The van der Waals surface area contributed by atoms with Crippen molar-refractivity contribution in [1.82, 2.24) is 19.9 Å². The zero-order valence-electron chi connectivity index (χ0n) is 12.3. The van der Waals surface area contributed by atoms with Crippen molar-refractivity contribution in [3.8, 4) is 0 Å². The van der Waals surface area contributed by atoms with Gasteiger partial charge in [0.2, 0.25) is 5.89 Å². The highest BCUT2D eigenvalue weighted by Gasteiger charge is 2.65. The van der Waals surface area contributed by atoms with Crippen molar-refractivity contribution in [2.45, 2.75) is 25.8 Å². The number of fused-ring (bicyclic) bond motifs is 3. The molecule has 4 fully saturated rings. The Hall–Kier alpha value is -1.47. The Morgan fingerprint density at radius 3 is 2.57 bits per heavy atom. The second kappa shape index (κ2) is 4.27. The van der Waals surface area contributed by atoms with E-state index < -0.39 is 11.9 Å². The maximum absolute atomic E-state index is 11.3. The van der Waals surface area contributed by atoms with Gasteiger partial charge in [-0.25, -0.2) is 0 Å². The lowest BCUT2D eigenvalue weighted by atomic mass is 10.1. The van der Waals surface area contributed by atoms with Crippen LogP contribution in [0.3, 0.4) is 0 Å². The number of carbonyl (C=O) groups is 1. The monoisotopic (exact) mass is 292 g/mol. The smallest absolute Gasteiger partial charge is 0.307 e. The van der Waals surface area contributed by atoms with Crippen molar-refractivity contribution in [2.24, 2.45) is 11.3 Å². The largest absolute Gasteiger partial charge is 0.481 e. The second-order valence-electron chi connectivity index (χ2n) is 6.96. The third-order valence-electron chi connectivity index (χ3n) is 5.39. The first-order valence-electron chi connectivity index (χ1n) is 7.51. The highest BCUT2D eigenvalue weighted by molar-refractivity contribution is 5.77. The van der Waals surface area contributed by atoms with E-state index >= 15 is 0 Å². The molecule has 4 aliphatic rings. The Kier molecular flexibility index (Phi) is 2.68. The molecule has 5 rings (SSSR count). The van der Waals surface area contributed by atoms with Gasteiger partial charge in [-0.05, 0) is 5.41 Å². The van der Waals surface area contributed by atoms with Gasteiger partial charge in [0.1, 0.15) is 0 Å². The van der Waals surface area contributed by atoms with Crippen LogP contribution in [0.25, 0.3) is 0 Å². The number of carboxylic acid groups (broad SMARTS) is 1. The summed E-state index contributed by atoms with van der Waals surface area (Å²) in [5.41, 5.74) is -0.301. The predicted molar refractivity (Wildman–Crippen MR) is 72.7 cm³/mol. The van der Waals surface area contributed by atoms with Gasteiger partial charge in [-0.15, -0.1) is 0 Å². The number of carboxylic acids is 1. The molecule has 7 nitrogen and oxygen atoms in total. The molecule has 3 aliphatic heterocycles. The lowest BCUT2D eigenvalue weighted by Gasteiger charge is -2.46. The summed E-state index contributed by atoms with van der Waals surface area (Å²) in [5, 5.41) is 13.4. The van der Waals surface area contributed by atoms with Crippen LogP contribution in [0.1, 0.15) is 37.5 Å². The minimum atomic E-state index is -0.781. The fourth-order valence-corrected chi connectivity index (χ4v) is 3.93. The van der Waals surface area contributed by atoms with Gasteiger partial charge in [0, 0.05) is 32.7 Å². The molecule has 1 aliphatic carbocycles. The van der Waals surface area contributed by atoms with Gasteiger partial charge >= 0.3 is 5.97 Å². The lowest BCUT2D eigenvalue weighted by Crippen LogP contribution is -2.57. The Balaban J connectivity index is 1.56. The molecule has 1 saturated carbocycles. The maximum Gasteiger partial charge on any atom is 0.307 e. The van der Waals surface area contributed by atoms with Gasteiger partial charge in [0.05, 0.1) is 17.9 Å². The summed E-state index contributed by atoms with van der Waals surface area (Å²) in [6.07, 6.45) is 0. The zero-order chi connectivity index (χ0) is 14.8. The number of hydrogen-bond acceptors (Lipinski definition) is 6. The van der Waals surface area contributed by atoms with E-state index in [9.17, 15) is 9.90 Å². The molecule has 114 valence electrons. The number of piperazine rings is 3. The first-order valence-corrected chi connectivity index (χ1v) is 7.51. The van der Waals surface area contributed by atoms with Gasteiger partial charge in [-0.3, -0.25) is 14.6 Å². The van der Waals surface area contributed by atoms with Crippen LogP contribution in [-0.4, -0.2) is 63.7 Å². The van der Waals surface area contributed by atoms with Gasteiger partial charge in [-0.2, -0.15) is 4.98 Å². The van der Waals surface area contributed by atoms with Gasteiger partial charge in [-0.1, -0.05) is 19.0 Å². The van der Waals surface area contributed by atoms with E-state index in [1.165, 1.54) is 0 Å². The summed E-state index contributed by atoms with van der Waals surface area (Å²) in [6.45, 7) is 9.13. The molecule has 3 unspecified atom stereocenters. The summed E-state index contributed by atoms with van der Waals surface area (Å²) in [7, 11) is 0. The van der Waals surface area contributed by atoms with Crippen LogP contribution in [-0.2, 0) is 4.79 Å². The molecular formula is C14H20N4O3. The Labute approximate surface area is 122 Å². The quantitative estimate of drug-likeness (QED) is 0.871. The number of rotatable bonds is 3. The molecule has 2 bridgehead atoms. The highest BCUT2D eigenvalue weighted by atomic mass is 16.5. The minimum Gasteiger partial charge on any atom is -0.481 e. The first kappa shape index (κ1) is 13.2. The van der Waals surface area contributed by atoms with Crippen LogP contribution in [0, 0.1) is 11.3 Å². The average molecular weight is 292 g/mol. The van der Waals surface area contributed by atoms with E-state index in [4.69, 9.17) is 4.52 Å². The fourth-order valence-electron chi connectivity index (χ4n) is 3.93. The molecule has 0 amide bonds. The van der Waals surface area contributed by atoms with Crippen molar-refractivity contribution in [3.63, 3.8) is 0 Å². The number of aliphatic carboxylic acids is 1. The summed E-state index contributed by atoms with van der Waals surface area (Å²) < 4.78 is 5.40. The third kappa shape index (κ3) is 1.91. The maximum atomic E-state index is 11.3. The van der Waals surface area contributed by atoms with Crippen LogP contribution in [0.2, 0.25) is 0 Å². The van der Waals surface area contributed by atoms with E-state index in [-0.39, 0.29) is 17.4 Å². The number of aromatic nitrogens is 2. The lowest BCUT2D eigenvalue weighted by molar-refractivity contribution is -0.139. The zero-order valence-corrected chi connectivity index (χ0v) is 12.3. The molecule has 3 atom stereocenters. The van der Waals surface area contributed by atoms with Gasteiger partial charge < -0.3 is 9.63 Å². The molecule has 0 aromatic carbocycles. The van der Waals surface area contributed by atoms with E-state index in [1.807, 2.05) is 13.8 Å². The summed E-state index contributed by atoms with van der Waals surface area (Å²) >= 11 is 0. The van der Waals surface area contributed by atoms with Crippen molar-refractivity contribution in [3.05, 3.63) is 11.7 Å². The van der Waals surface area contributed by atoms with Crippen molar-refractivity contribution >= 4 is 5.97 Å². The van der Waals surface area contributed by atoms with E-state index in [0.29, 0.717) is 11.7 Å². The van der Waals surface area contributed by atoms with Crippen molar-refractivity contribution < 1.29 is 14.4 Å². The summed E-state index contributed by atoms with van der Waals surface area (Å²) in [4.78, 5) is 20.6. The van der Waals surface area contributed by atoms with E-state index in [2.05, 4.69) is 19.9 Å². The van der Waals surface area contributed by atoms with Gasteiger partial charge in [0.25, 0.3) is 0 Å². The van der Waals surface area contributed by atoms with Crippen LogP contribution < -0.4 is 0 Å². The van der Waals surface area contributed by atoms with Crippen molar-refractivity contribution in [2.75, 3.05) is 32.7 Å². The van der Waals surface area contributed by atoms with Crippen molar-refractivity contribution in [1.29, 1.82) is 0 Å². The molecule has 1 aromatic heterocycles. The molecule has 7 heteroatoms. The average Bonchev–Trinajstić information content (AvgIpc) is 2.85. The van der Waals surface area contributed by atoms with Crippen LogP contribution in [0.4, 0.5) is 0 Å². The van der Waals surface area contributed by atoms with Crippen LogP contribution >= 0.6 is 0 Å². The molecule has 0 spiro atoms. The van der Waals surface area contributed by atoms with E-state index in [1.54, 1.807) is 0 Å². The summed E-state index contributed by atoms with van der Waals surface area (Å²) in [6, 6.07) is 0.190. The molecule has 4 heterocycles. The fraction of sp³-hybridized carbons (Fsp3) is 0.786. The topological polar surface area (TPSA) is 82.7 Å². The standard InChI is InChI=1S/C14H20N4O3/c1-14(2)9(10(14)13(19)20)12-15-11(16-21-12)8-7-17-3-5-18(8)6-4-17/h8-10H,3-7H2,1-2H3,(H,19,20). The normalized spacial score (nSPS) is 40.2. The SMILES string of the molecule is CC1(C)C(C(=O)O)C1c1nc(C2CN3CCN2CC3)no1. The summed E-state index contributed by atoms with van der Waals surface area (Å²) in [5.74, 6) is -0.164. The molecule has 1 aromatic rings. The second-order valence-corrected chi connectivity index (χ2v) is 6.96. The Morgan fingerprint density at radius 1 is 1.33 bits per heavy atom. The molecule has 21 heavy (non-hydrogen) atoms.